The molecule has 0 aliphatic heterocycles. The minimum Gasteiger partial charge on any atom is -0.354 e. The van der Waals surface area contributed by atoms with Gasteiger partial charge in [0.2, 0.25) is 11.8 Å². The van der Waals surface area contributed by atoms with Crippen LogP contribution >= 0.6 is 23.2 Å². The second-order valence-electron chi connectivity index (χ2n) is 9.44. The van der Waals surface area contributed by atoms with Crippen molar-refractivity contribution in [2.24, 2.45) is 0 Å². The predicted octanol–water partition coefficient (Wildman–Crippen LogP) is 6.22. The Kier molecular flexibility index (Phi) is 11.4. The number of hydrogen-bond acceptors (Lipinski definition) is 4. The van der Waals surface area contributed by atoms with Crippen molar-refractivity contribution in [3.05, 3.63) is 94.0 Å². The lowest BCUT2D eigenvalue weighted by Gasteiger charge is -2.33. The average molecular weight is 605 g/mol. The summed E-state index contributed by atoms with van der Waals surface area (Å²) in [5.41, 5.74) is 1.55. The summed E-state index contributed by atoms with van der Waals surface area (Å²) in [4.78, 5) is 28.8. The van der Waals surface area contributed by atoms with Crippen LogP contribution in [0.2, 0.25) is 10.0 Å². The van der Waals surface area contributed by atoms with Crippen molar-refractivity contribution in [1.82, 2.24) is 10.2 Å². The van der Waals surface area contributed by atoms with E-state index in [0.29, 0.717) is 34.1 Å². The molecule has 0 radical (unpaired) electrons. The fourth-order valence-corrected chi connectivity index (χ4v) is 6.17. The Morgan fingerprint density at radius 3 is 2.27 bits per heavy atom. The lowest BCUT2D eigenvalue weighted by atomic mass is 10.1. The molecule has 0 saturated heterocycles. The molecule has 1 N–H and O–H groups in total. The van der Waals surface area contributed by atoms with Gasteiger partial charge in [-0.05, 0) is 61.2 Å². The van der Waals surface area contributed by atoms with Crippen LogP contribution in [0.25, 0.3) is 0 Å². The molecule has 0 unspecified atom stereocenters. The highest BCUT2D eigenvalue weighted by atomic mass is 35.5. The molecule has 10 heteroatoms. The SMILES string of the molecule is CCCCNC(=O)[C@@H](CC)N(Cc1ccccc1Cl)C(=O)CN(c1cc(Cl)ccc1C)S(=O)(=O)c1ccccc1. The van der Waals surface area contributed by atoms with E-state index < -0.39 is 28.5 Å². The van der Waals surface area contributed by atoms with Gasteiger partial charge < -0.3 is 10.2 Å². The number of anilines is 1. The van der Waals surface area contributed by atoms with Crippen molar-refractivity contribution in [2.75, 3.05) is 17.4 Å². The number of nitrogens with one attached hydrogen (secondary N) is 1. The number of sulfonamides is 1. The molecule has 0 spiro atoms. The van der Waals surface area contributed by atoms with Crippen LogP contribution in [-0.4, -0.2) is 44.3 Å². The molecule has 2 amide bonds. The molecular formula is C30H35Cl2N3O4S. The van der Waals surface area contributed by atoms with Gasteiger partial charge in [0.25, 0.3) is 10.0 Å². The van der Waals surface area contributed by atoms with Gasteiger partial charge in [0.15, 0.2) is 0 Å². The molecule has 0 aromatic heterocycles. The zero-order chi connectivity index (χ0) is 29.3. The Hall–Kier alpha value is -3.07. The maximum Gasteiger partial charge on any atom is 0.264 e. The van der Waals surface area contributed by atoms with E-state index in [9.17, 15) is 18.0 Å². The Morgan fingerprint density at radius 2 is 1.62 bits per heavy atom. The van der Waals surface area contributed by atoms with Crippen LogP contribution in [-0.2, 0) is 26.2 Å². The van der Waals surface area contributed by atoms with E-state index in [1.54, 1.807) is 61.5 Å². The van der Waals surface area contributed by atoms with Gasteiger partial charge in [-0.1, -0.05) is 85.9 Å². The first-order chi connectivity index (χ1) is 19.1. The lowest BCUT2D eigenvalue weighted by Crippen LogP contribution is -2.52. The number of nitrogens with zero attached hydrogens (tertiary/aromatic N) is 2. The average Bonchev–Trinajstić information content (AvgIpc) is 2.94. The van der Waals surface area contributed by atoms with E-state index in [-0.39, 0.29) is 23.0 Å². The second kappa shape index (κ2) is 14.5. The summed E-state index contributed by atoms with van der Waals surface area (Å²) >= 11 is 12.7. The Balaban J connectivity index is 2.07. The van der Waals surface area contributed by atoms with Crippen molar-refractivity contribution in [3.8, 4) is 0 Å². The van der Waals surface area contributed by atoms with E-state index in [1.165, 1.54) is 23.1 Å². The lowest BCUT2D eigenvalue weighted by molar-refractivity contribution is -0.140. The number of halogens is 2. The van der Waals surface area contributed by atoms with Crippen molar-refractivity contribution in [3.63, 3.8) is 0 Å². The fraction of sp³-hybridized carbons (Fsp3) is 0.333. The molecule has 214 valence electrons. The van der Waals surface area contributed by atoms with Gasteiger partial charge in [0.1, 0.15) is 12.6 Å². The summed E-state index contributed by atoms with van der Waals surface area (Å²) in [6.07, 6.45) is 2.04. The van der Waals surface area contributed by atoms with Gasteiger partial charge in [-0.25, -0.2) is 8.42 Å². The number of amides is 2. The van der Waals surface area contributed by atoms with Gasteiger partial charge in [0.05, 0.1) is 10.6 Å². The largest absolute Gasteiger partial charge is 0.354 e. The van der Waals surface area contributed by atoms with E-state index >= 15 is 0 Å². The Bertz CT molecular complexity index is 1420. The van der Waals surface area contributed by atoms with E-state index in [0.717, 1.165) is 17.1 Å². The van der Waals surface area contributed by atoms with Gasteiger partial charge in [0, 0.05) is 23.1 Å². The number of benzene rings is 3. The van der Waals surface area contributed by atoms with Gasteiger partial charge >= 0.3 is 0 Å². The van der Waals surface area contributed by atoms with Gasteiger partial charge in [-0.2, -0.15) is 0 Å². The van der Waals surface area contributed by atoms with Crippen LogP contribution in [0, 0.1) is 6.92 Å². The highest BCUT2D eigenvalue weighted by Crippen LogP contribution is 2.30. The third-order valence-corrected chi connectivity index (χ3v) is 8.94. The first-order valence-electron chi connectivity index (χ1n) is 13.2. The van der Waals surface area contributed by atoms with Gasteiger partial charge in [-0.3, -0.25) is 13.9 Å². The van der Waals surface area contributed by atoms with Crippen LogP contribution in [0.15, 0.2) is 77.7 Å². The summed E-state index contributed by atoms with van der Waals surface area (Å²) in [5.74, 6) is -0.843. The van der Waals surface area contributed by atoms with Crippen LogP contribution in [0.1, 0.15) is 44.2 Å². The number of hydrogen-bond donors (Lipinski definition) is 1. The van der Waals surface area contributed by atoms with Crippen LogP contribution in [0.4, 0.5) is 5.69 Å². The zero-order valence-corrected chi connectivity index (χ0v) is 25.3. The normalized spacial score (nSPS) is 12.0. The molecule has 40 heavy (non-hydrogen) atoms. The Morgan fingerprint density at radius 1 is 0.950 bits per heavy atom. The topological polar surface area (TPSA) is 86.8 Å². The standard InChI is InChI=1S/C30H35Cl2N3O4S/c1-4-6-18-33-30(37)27(5-2)34(20-23-12-10-11-15-26(23)32)29(36)21-35(28-19-24(31)17-16-22(28)3)40(38,39)25-13-8-7-9-14-25/h7-17,19,27H,4-6,18,20-21H2,1-3H3,(H,33,37)/t27-/m1/s1. The first kappa shape index (κ1) is 31.5. The molecule has 7 nitrogen and oxygen atoms in total. The summed E-state index contributed by atoms with van der Waals surface area (Å²) in [6.45, 7) is 5.57. The summed E-state index contributed by atoms with van der Waals surface area (Å²) in [6, 6.07) is 19.0. The monoisotopic (exact) mass is 603 g/mol. The highest BCUT2D eigenvalue weighted by molar-refractivity contribution is 7.92. The van der Waals surface area contributed by atoms with Crippen molar-refractivity contribution < 1.29 is 18.0 Å². The third kappa shape index (κ3) is 7.77. The molecule has 3 aromatic carbocycles. The number of carbonyl (C=O) groups is 2. The fourth-order valence-electron chi connectivity index (χ4n) is 4.32. The molecule has 0 aliphatic carbocycles. The maximum atomic E-state index is 14.1. The number of carbonyl (C=O) groups excluding carboxylic acids is 2. The molecule has 0 bridgehead atoms. The Labute approximate surface area is 247 Å². The molecule has 0 aliphatic rings. The molecule has 0 heterocycles. The molecule has 3 aromatic rings. The third-order valence-electron chi connectivity index (χ3n) is 6.56. The maximum absolute atomic E-state index is 14.1. The zero-order valence-electron chi connectivity index (χ0n) is 22.9. The van der Waals surface area contributed by atoms with Crippen LogP contribution in [0.5, 0.6) is 0 Å². The molecular weight excluding hydrogens is 569 g/mol. The van der Waals surface area contributed by atoms with Crippen molar-refractivity contribution in [2.45, 2.75) is 57.5 Å². The smallest absolute Gasteiger partial charge is 0.264 e. The van der Waals surface area contributed by atoms with E-state index in [4.69, 9.17) is 23.2 Å². The van der Waals surface area contributed by atoms with Crippen molar-refractivity contribution in [1.29, 1.82) is 0 Å². The van der Waals surface area contributed by atoms with Crippen LogP contribution in [0.3, 0.4) is 0 Å². The number of aryl methyl sites for hydroxylation is 1. The summed E-state index contributed by atoms with van der Waals surface area (Å²) in [7, 11) is -4.17. The second-order valence-corrected chi connectivity index (χ2v) is 12.1. The molecule has 3 rings (SSSR count). The van der Waals surface area contributed by atoms with Crippen LogP contribution < -0.4 is 9.62 Å². The van der Waals surface area contributed by atoms with Crippen molar-refractivity contribution >= 4 is 50.7 Å². The highest BCUT2D eigenvalue weighted by Gasteiger charge is 2.34. The summed E-state index contributed by atoms with van der Waals surface area (Å²) < 4.78 is 28.9. The minimum atomic E-state index is -4.17. The minimum absolute atomic E-state index is 0.0316. The molecule has 0 saturated carbocycles. The number of rotatable bonds is 13. The summed E-state index contributed by atoms with van der Waals surface area (Å²) in [5, 5.41) is 3.69. The van der Waals surface area contributed by atoms with Gasteiger partial charge in [-0.15, -0.1) is 0 Å². The molecule has 0 fully saturated rings. The number of unbranched alkanes of at least 4 members (excludes halogenated alkanes) is 1. The molecule has 1 atom stereocenters. The van der Waals surface area contributed by atoms with E-state index in [1.807, 2.05) is 13.8 Å². The quantitative estimate of drug-likeness (QED) is 0.235. The first-order valence-corrected chi connectivity index (χ1v) is 15.4. The van der Waals surface area contributed by atoms with E-state index in [2.05, 4.69) is 5.32 Å². The predicted molar refractivity (Wildman–Crippen MR) is 161 cm³/mol.